The summed E-state index contributed by atoms with van der Waals surface area (Å²) in [7, 11) is 0. The smallest absolute Gasteiger partial charge is 0.169 e. The molecule has 0 aliphatic rings. The third-order valence-electron chi connectivity index (χ3n) is 1.84. The van der Waals surface area contributed by atoms with Crippen LogP contribution in [-0.2, 0) is 0 Å². The van der Waals surface area contributed by atoms with Crippen LogP contribution in [0.1, 0.15) is 0 Å². The van der Waals surface area contributed by atoms with Crippen LogP contribution in [0, 0.1) is 0 Å². The number of aliphatic hydroxyl groups is 1. The van der Waals surface area contributed by atoms with E-state index in [-0.39, 0.29) is 6.61 Å². The lowest BCUT2D eigenvalue weighted by molar-refractivity contribution is 0.299. The fraction of sp³-hybridized carbons (Fsp3) is 0.200. The molecular formula is C10H10N2O2S. The number of benzene rings is 1. The Labute approximate surface area is 91.3 Å². The van der Waals surface area contributed by atoms with Crippen LogP contribution >= 0.6 is 11.8 Å². The van der Waals surface area contributed by atoms with Crippen molar-refractivity contribution in [3.63, 3.8) is 0 Å². The second-order valence-corrected chi connectivity index (χ2v) is 3.94. The number of aromatic nitrogens is 2. The van der Waals surface area contributed by atoms with Crippen LogP contribution in [-0.4, -0.2) is 27.8 Å². The molecule has 0 saturated carbocycles. The highest BCUT2D eigenvalue weighted by atomic mass is 32.2. The third-order valence-corrected chi connectivity index (χ3v) is 2.76. The molecule has 0 unspecified atom stereocenters. The van der Waals surface area contributed by atoms with Crippen molar-refractivity contribution in [3.05, 3.63) is 30.3 Å². The molecule has 5 heteroatoms. The van der Waals surface area contributed by atoms with Gasteiger partial charge in [-0.05, 0) is 10.3 Å². The number of thioether (sulfide) groups is 1. The maximum absolute atomic E-state index is 8.73. The minimum atomic E-state index is 0.117. The van der Waals surface area contributed by atoms with Gasteiger partial charge in [-0.15, -0.1) is 0 Å². The first-order valence-corrected chi connectivity index (χ1v) is 5.52. The molecule has 0 atom stereocenters. The summed E-state index contributed by atoms with van der Waals surface area (Å²) in [5.74, 6) is 0.591. The van der Waals surface area contributed by atoms with Crippen LogP contribution in [0.3, 0.4) is 0 Å². The largest absolute Gasteiger partial charge is 0.396 e. The highest BCUT2D eigenvalue weighted by Gasteiger charge is 2.11. The summed E-state index contributed by atoms with van der Waals surface area (Å²) in [6, 6.07) is 9.71. The monoisotopic (exact) mass is 222 g/mol. The highest BCUT2D eigenvalue weighted by molar-refractivity contribution is 7.99. The number of nitrogens with zero attached hydrogens (tertiary/aromatic N) is 2. The van der Waals surface area contributed by atoms with Gasteiger partial charge in [0.15, 0.2) is 5.03 Å². The quantitative estimate of drug-likeness (QED) is 0.799. The van der Waals surface area contributed by atoms with E-state index < -0.39 is 0 Å². The van der Waals surface area contributed by atoms with Crippen LogP contribution in [0.25, 0.3) is 11.3 Å². The molecule has 78 valence electrons. The first-order chi connectivity index (χ1) is 7.42. The van der Waals surface area contributed by atoms with Crippen LogP contribution in [0.5, 0.6) is 0 Å². The fourth-order valence-corrected chi connectivity index (χ4v) is 1.85. The van der Waals surface area contributed by atoms with Gasteiger partial charge in [-0.1, -0.05) is 42.1 Å². The van der Waals surface area contributed by atoms with E-state index in [0.717, 1.165) is 16.3 Å². The lowest BCUT2D eigenvalue weighted by Crippen LogP contribution is -1.87. The summed E-state index contributed by atoms with van der Waals surface area (Å²) >= 11 is 1.43. The van der Waals surface area contributed by atoms with Crippen LogP contribution in [0.4, 0.5) is 0 Å². The molecule has 15 heavy (non-hydrogen) atoms. The Bertz CT molecular complexity index is 416. The van der Waals surface area contributed by atoms with Gasteiger partial charge in [0.1, 0.15) is 5.69 Å². The number of aliphatic hydroxyl groups excluding tert-OH is 1. The Morgan fingerprint density at radius 2 is 2.00 bits per heavy atom. The minimum Gasteiger partial charge on any atom is -0.396 e. The Kier molecular flexibility index (Phi) is 3.37. The predicted octanol–water partition coefficient (Wildman–Crippen LogP) is 1.82. The summed E-state index contributed by atoms with van der Waals surface area (Å²) < 4.78 is 4.69. The number of hydrogen-bond donors (Lipinski definition) is 1. The van der Waals surface area contributed by atoms with Crippen molar-refractivity contribution in [3.8, 4) is 11.3 Å². The molecular weight excluding hydrogens is 212 g/mol. The van der Waals surface area contributed by atoms with Gasteiger partial charge in [-0.3, -0.25) is 0 Å². The zero-order valence-corrected chi connectivity index (χ0v) is 8.78. The summed E-state index contributed by atoms with van der Waals surface area (Å²) in [6.07, 6.45) is 0. The standard InChI is InChI=1S/C10H10N2O2S/c13-6-7-15-10-9(11-14-12-10)8-4-2-1-3-5-8/h1-5,13H,6-7H2. The zero-order chi connectivity index (χ0) is 10.5. The van der Waals surface area contributed by atoms with Crippen LogP contribution in [0.2, 0.25) is 0 Å². The van der Waals surface area contributed by atoms with E-state index in [2.05, 4.69) is 10.3 Å². The summed E-state index contributed by atoms with van der Waals surface area (Å²) in [4.78, 5) is 0. The lowest BCUT2D eigenvalue weighted by atomic mass is 10.2. The molecule has 0 aliphatic carbocycles. The molecule has 0 spiro atoms. The van der Waals surface area contributed by atoms with Crippen molar-refractivity contribution in [1.82, 2.24) is 10.3 Å². The number of hydrogen-bond acceptors (Lipinski definition) is 5. The Morgan fingerprint density at radius 1 is 1.20 bits per heavy atom. The summed E-state index contributed by atoms with van der Waals surface area (Å²) in [5, 5.41) is 17.1. The summed E-state index contributed by atoms with van der Waals surface area (Å²) in [5.41, 5.74) is 1.70. The molecule has 1 aromatic heterocycles. The second-order valence-electron chi connectivity index (χ2n) is 2.86. The average molecular weight is 222 g/mol. The van der Waals surface area contributed by atoms with Crippen LogP contribution in [0.15, 0.2) is 40.0 Å². The van der Waals surface area contributed by atoms with Crippen molar-refractivity contribution < 1.29 is 9.74 Å². The van der Waals surface area contributed by atoms with Crippen molar-refractivity contribution in [2.24, 2.45) is 0 Å². The van der Waals surface area contributed by atoms with Gasteiger partial charge in [-0.25, -0.2) is 4.63 Å². The predicted molar refractivity (Wildman–Crippen MR) is 57.5 cm³/mol. The molecule has 1 heterocycles. The molecule has 0 aliphatic heterocycles. The van der Waals surface area contributed by atoms with Crippen molar-refractivity contribution in [1.29, 1.82) is 0 Å². The normalized spacial score (nSPS) is 10.5. The SMILES string of the molecule is OCCSc1nonc1-c1ccccc1. The van der Waals surface area contributed by atoms with E-state index in [1.165, 1.54) is 11.8 Å². The molecule has 1 aromatic carbocycles. The molecule has 2 aromatic rings. The first-order valence-electron chi connectivity index (χ1n) is 4.53. The van der Waals surface area contributed by atoms with E-state index in [1.807, 2.05) is 30.3 Å². The Balaban J connectivity index is 2.25. The fourth-order valence-electron chi connectivity index (χ4n) is 1.19. The van der Waals surface area contributed by atoms with Crippen LogP contribution < -0.4 is 0 Å². The van der Waals surface area contributed by atoms with E-state index in [4.69, 9.17) is 9.74 Å². The Morgan fingerprint density at radius 3 is 2.73 bits per heavy atom. The molecule has 0 amide bonds. The average Bonchev–Trinajstić information content (AvgIpc) is 2.75. The second kappa shape index (κ2) is 4.95. The van der Waals surface area contributed by atoms with E-state index >= 15 is 0 Å². The first kappa shape index (κ1) is 10.2. The van der Waals surface area contributed by atoms with Gasteiger partial charge < -0.3 is 5.11 Å². The topological polar surface area (TPSA) is 59.2 Å². The molecule has 0 saturated heterocycles. The van der Waals surface area contributed by atoms with Gasteiger partial charge in [0.25, 0.3) is 0 Å². The van der Waals surface area contributed by atoms with Gasteiger partial charge in [0.2, 0.25) is 0 Å². The van der Waals surface area contributed by atoms with E-state index in [1.54, 1.807) is 0 Å². The maximum Gasteiger partial charge on any atom is 0.169 e. The van der Waals surface area contributed by atoms with E-state index in [9.17, 15) is 0 Å². The van der Waals surface area contributed by atoms with Crippen molar-refractivity contribution in [2.75, 3.05) is 12.4 Å². The summed E-state index contributed by atoms with van der Waals surface area (Å²) in [6.45, 7) is 0.117. The van der Waals surface area contributed by atoms with Crippen molar-refractivity contribution in [2.45, 2.75) is 5.03 Å². The molecule has 4 nitrogen and oxygen atoms in total. The lowest BCUT2D eigenvalue weighted by Gasteiger charge is -1.97. The molecule has 0 radical (unpaired) electrons. The van der Waals surface area contributed by atoms with E-state index in [0.29, 0.717) is 5.75 Å². The highest BCUT2D eigenvalue weighted by Crippen LogP contribution is 2.27. The zero-order valence-electron chi connectivity index (χ0n) is 7.96. The Hall–Kier alpha value is -1.33. The molecule has 2 rings (SSSR count). The molecule has 1 N–H and O–H groups in total. The maximum atomic E-state index is 8.73. The molecule has 0 bridgehead atoms. The minimum absolute atomic E-state index is 0.117. The van der Waals surface area contributed by atoms with Gasteiger partial charge in [-0.2, -0.15) is 0 Å². The van der Waals surface area contributed by atoms with Gasteiger partial charge >= 0.3 is 0 Å². The third kappa shape index (κ3) is 2.37. The van der Waals surface area contributed by atoms with Gasteiger partial charge in [0.05, 0.1) is 6.61 Å². The molecule has 0 fully saturated rings. The van der Waals surface area contributed by atoms with Gasteiger partial charge in [0, 0.05) is 11.3 Å². The van der Waals surface area contributed by atoms with Crippen molar-refractivity contribution >= 4 is 11.8 Å². The number of rotatable bonds is 4.